The molecule has 1 saturated carbocycles. The SMILES string of the molecule is CCC1CCC(C(NC)c2cnccc2C(F)(F)F)C1. The number of alkyl halides is 3. The Morgan fingerprint density at radius 1 is 1.40 bits per heavy atom. The molecule has 0 spiro atoms. The first-order valence-electron chi connectivity index (χ1n) is 7.15. The lowest BCUT2D eigenvalue weighted by atomic mass is 9.89. The average Bonchev–Trinajstić information content (AvgIpc) is 2.88. The van der Waals surface area contributed by atoms with Crippen LogP contribution in [-0.2, 0) is 6.18 Å². The Morgan fingerprint density at radius 2 is 2.15 bits per heavy atom. The molecule has 0 saturated heterocycles. The van der Waals surface area contributed by atoms with Gasteiger partial charge in [0.15, 0.2) is 0 Å². The topological polar surface area (TPSA) is 24.9 Å². The fraction of sp³-hybridized carbons (Fsp3) is 0.667. The summed E-state index contributed by atoms with van der Waals surface area (Å²) in [4.78, 5) is 3.90. The largest absolute Gasteiger partial charge is 0.416 e. The van der Waals surface area contributed by atoms with Gasteiger partial charge in [-0.3, -0.25) is 4.98 Å². The van der Waals surface area contributed by atoms with E-state index < -0.39 is 11.7 Å². The molecule has 0 bridgehead atoms. The van der Waals surface area contributed by atoms with Gasteiger partial charge in [0, 0.05) is 18.4 Å². The minimum absolute atomic E-state index is 0.259. The summed E-state index contributed by atoms with van der Waals surface area (Å²) in [5.74, 6) is 0.900. The van der Waals surface area contributed by atoms with Gasteiger partial charge in [-0.2, -0.15) is 13.2 Å². The van der Waals surface area contributed by atoms with Crippen LogP contribution in [0.4, 0.5) is 13.2 Å². The molecule has 20 heavy (non-hydrogen) atoms. The van der Waals surface area contributed by atoms with Gasteiger partial charge in [-0.1, -0.05) is 19.8 Å². The zero-order valence-electron chi connectivity index (χ0n) is 11.9. The van der Waals surface area contributed by atoms with E-state index in [4.69, 9.17) is 0 Å². The van der Waals surface area contributed by atoms with Crippen LogP contribution in [0.2, 0.25) is 0 Å². The number of hydrogen-bond donors (Lipinski definition) is 1. The smallest absolute Gasteiger partial charge is 0.313 e. The summed E-state index contributed by atoms with van der Waals surface area (Å²) in [6.45, 7) is 2.15. The van der Waals surface area contributed by atoms with Crippen LogP contribution in [0.3, 0.4) is 0 Å². The summed E-state index contributed by atoms with van der Waals surface area (Å²) in [6.07, 6.45) is 2.44. The number of nitrogens with one attached hydrogen (secondary N) is 1. The van der Waals surface area contributed by atoms with Crippen LogP contribution < -0.4 is 5.32 Å². The van der Waals surface area contributed by atoms with Crippen molar-refractivity contribution < 1.29 is 13.2 Å². The van der Waals surface area contributed by atoms with Crippen LogP contribution in [0, 0.1) is 11.8 Å². The molecule has 1 fully saturated rings. The van der Waals surface area contributed by atoms with Gasteiger partial charge in [0.25, 0.3) is 0 Å². The monoisotopic (exact) mass is 286 g/mol. The zero-order chi connectivity index (χ0) is 14.8. The van der Waals surface area contributed by atoms with Crippen LogP contribution in [-0.4, -0.2) is 12.0 Å². The van der Waals surface area contributed by atoms with Crippen LogP contribution >= 0.6 is 0 Å². The van der Waals surface area contributed by atoms with Crippen molar-refractivity contribution in [3.05, 3.63) is 29.6 Å². The quantitative estimate of drug-likeness (QED) is 0.897. The van der Waals surface area contributed by atoms with Gasteiger partial charge >= 0.3 is 6.18 Å². The molecule has 1 heterocycles. The summed E-state index contributed by atoms with van der Waals surface area (Å²) in [5, 5.41) is 3.08. The van der Waals surface area contributed by atoms with E-state index in [1.165, 1.54) is 12.4 Å². The maximum absolute atomic E-state index is 13.1. The third-order valence-corrected chi connectivity index (χ3v) is 4.43. The van der Waals surface area contributed by atoms with Crippen molar-refractivity contribution in [3.63, 3.8) is 0 Å². The summed E-state index contributed by atoms with van der Waals surface area (Å²) in [6, 6.07) is 0.809. The predicted octanol–water partition coefficient (Wildman–Crippen LogP) is 4.19. The highest BCUT2D eigenvalue weighted by atomic mass is 19.4. The number of halogens is 3. The molecule has 1 aliphatic carbocycles. The Balaban J connectivity index is 2.29. The second-order valence-electron chi connectivity index (χ2n) is 5.57. The average molecular weight is 286 g/mol. The molecule has 1 aromatic rings. The normalized spacial score (nSPS) is 24.9. The van der Waals surface area contributed by atoms with Crippen molar-refractivity contribution >= 4 is 0 Å². The van der Waals surface area contributed by atoms with Crippen LogP contribution in [0.5, 0.6) is 0 Å². The van der Waals surface area contributed by atoms with Crippen molar-refractivity contribution in [3.8, 4) is 0 Å². The summed E-state index contributed by atoms with van der Waals surface area (Å²) in [5.41, 5.74) is -0.281. The minimum Gasteiger partial charge on any atom is -0.313 e. The van der Waals surface area contributed by atoms with Crippen molar-refractivity contribution in [1.29, 1.82) is 0 Å². The third kappa shape index (κ3) is 3.14. The highest BCUT2D eigenvalue weighted by Gasteiger charge is 2.38. The number of nitrogens with zero attached hydrogens (tertiary/aromatic N) is 1. The van der Waals surface area contributed by atoms with Crippen LogP contribution in [0.1, 0.15) is 49.8 Å². The minimum atomic E-state index is -4.32. The molecule has 112 valence electrons. The molecule has 3 atom stereocenters. The summed E-state index contributed by atoms with van der Waals surface area (Å²) >= 11 is 0. The van der Waals surface area contributed by atoms with Gasteiger partial charge in [0.1, 0.15) is 0 Å². The number of rotatable bonds is 4. The summed E-state index contributed by atoms with van der Waals surface area (Å²) in [7, 11) is 1.73. The Bertz CT molecular complexity index is 445. The van der Waals surface area contributed by atoms with Crippen molar-refractivity contribution in [2.24, 2.45) is 11.8 Å². The van der Waals surface area contributed by atoms with E-state index in [-0.39, 0.29) is 17.5 Å². The fourth-order valence-corrected chi connectivity index (χ4v) is 3.34. The summed E-state index contributed by atoms with van der Waals surface area (Å²) < 4.78 is 39.4. The number of hydrogen-bond acceptors (Lipinski definition) is 2. The highest BCUT2D eigenvalue weighted by Crippen LogP contribution is 2.43. The molecule has 3 unspecified atom stereocenters. The molecular formula is C15H21F3N2. The van der Waals surface area contributed by atoms with Gasteiger partial charge < -0.3 is 5.32 Å². The van der Waals surface area contributed by atoms with E-state index in [0.717, 1.165) is 31.7 Å². The van der Waals surface area contributed by atoms with E-state index in [1.807, 2.05) is 0 Å². The Kier molecular flexibility index (Phi) is 4.68. The fourth-order valence-electron chi connectivity index (χ4n) is 3.34. The lowest BCUT2D eigenvalue weighted by Gasteiger charge is -2.26. The lowest BCUT2D eigenvalue weighted by Crippen LogP contribution is -2.27. The Labute approximate surface area is 117 Å². The zero-order valence-corrected chi connectivity index (χ0v) is 11.9. The predicted molar refractivity (Wildman–Crippen MR) is 72.2 cm³/mol. The second-order valence-corrected chi connectivity index (χ2v) is 5.57. The van der Waals surface area contributed by atoms with E-state index in [9.17, 15) is 13.2 Å². The van der Waals surface area contributed by atoms with E-state index in [0.29, 0.717) is 5.92 Å². The Morgan fingerprint density at radius 3 is 2.70 bits per heavy atom. The van der Waals surface area contributed by atoms with Gasteiger partial charge in [0.2, 0.25) is 0 Å². The maximum Gasteiger partial charge on any atom is 0.416 e. The van der Waals surface area contributed by atoms with Gasteiger partial charge in [-0.05, 0) is 43.4 Å². The van der Waals surface area contributed by atoms with E-state index >= 15 is 0 Å². The number of pyridine rings is 1. The first-order valence-corrected chi connectivity index (χ1v) is 7.15. The molecule has 1 aromatic heterocycles. The lowest BCUT2D eigenvalue weighted by molar-refractivity contribution is -0.138. The van der Waals surface area contributed by atoms with Gasteiger partial charge in [0.05, 0.1) is 5.56 Å². The molecule has 0 aromatic carbocycles. The Hall–Kier alpha value is -1.10. The molecule has 0 aliphatic heterocycles. The maximum atomic E-state index is 13.1. The van der Waals surface area contributed by atoms with Crippen molar-refractivity contribution in [2.45, 2.75) is 44.8 Å². The third-order valence-electron chi connectivity index (χ3n) is 4.43. The molecule has 2 nitrogen and oxygen atoms in total. The molecule has 1 N–H and O–H groups in total. The molecule has 2 rings (SSSR count). The first kappa shape index (κ1) is 15.3. The van der Waals surface area contributed by atoms with Gasteiger partial charge in [-0.25, -0.2) is 0 Å². The van der Waals surface area contributed by atoms with Crippen molar-refractivity contribution in [1.82, 2.24) is 10.3 Å². The number of aromatic nitrogens is 1. The molecule has 5 heteroatoms. The van der Waals surface area contributed by atoms with Crippen LogP contribution in [0.25, 0.3) is 0 Å². The van der Waals surface area contributed by atoms with Crippen LogP contribution in [0.15, 0.2) is 18.5 Å². The molecule has 0 amide bonds. The highest BCUT2D eigenvalue weighted by molar-refractivity contribution is 5.30. The van der Waals surface area contributed by atoms with Crippen molar-refractivity contribution in [2.75, 3.05) is 7.05 Å². The standard InChI is InChI=1S/C15H21F3N2/c1-3-10-4-5-11(8-10)14(19-2)12-9-20-7-6-13(12)15(16,17)18/h6-7,9-11,14,19H,3-5,8H2,1-2H3. The first-order chi connectivity index (χ1) is 9.47. The van der Waals surface area contributed by atoms with Gasteiger partial charge in [-0.15, -0.1) is 0 Å². The molecular weight excluding hydrogens is 265 g/mol. The molecule has 1 aliphatic rings. The van der Waals surface area contributed by atoms with E-state index in [1.54, 1.807) is 7.05 Å². The second kappa shape index (κ2) is 6.12. The van der Waals surface area contributed by atoms with E-state index in [2.05, 4.69) is 17.2 Å². The molecule has 0 radical (unpaired) electrons.